The maximum absolute atomic E-state index is 13.7. The van der Waals surface area contributed by atoms with E-state index < -0.39 is 6.10 Å². The Morgan fingerprint density at radius 3 is 2.87 bits per heavy atom. The second kappa shape index (κ2) is 11.1. The van der Waals surface area contributed by atoms with Crippen molar-refractivity contribution in [1.29, 1.82) is 0 Å². The van der Waals surface area contributed by atoms with E-state index in [9.17, 15) is 4.79 Å². The molecule has 1 amide bonds. The zero-order chi connectivity index (χ0) is 27.1. The van der Waals surface area contributed by atoms with Gasteiger partial charge < -0.3 is 29.0 Å². The Labute approximate surface area is 237 Å². The van der Waals surface area contributed by atoms with Gasteiger partial charge in [0.15, 0.2) is 11.7 Å². The molecule has 6 rings (SSSR count). The number of carbonyl (C=O) groups excluding carboxylic acids is 1. The number of anilines is 2. The number of nitrogens with zero attached hydrogens (tertiary/aromatic N) is 5. The average molecular weight is 575 g/mol. The lowest BCUT2D eigenvalue weighted by molar-refractivity contribution is -0.147. The molecule has 3 aromatic rings. The fraction of sp³-hybridized carbons (Fsp3) is 0.519. The monoisotopic (exact) mass is 574 g/mol. The number of ether oxygens (including phenoxy) is 2. The summed E-state index contributed by atoms with van der Waals surface area (Å²) in [7, 11) is 1.75. The van der Waals surface area contributed by atoms with Crippen molar-refractivity contribution in [3.05, 3.63) is 45.7 Å². The minimum atomic E-state index is -0.614. The third-order valence-electron chi connectivity index (χ3n) is 7.89. The fourth-order valence-electron chi connectivity index (χ4n) is 5.72. The molecule has 1 N–H and O–H groups in total. The normalized spacial score (nSPS) is 22.2. The molecule has 0 bridgehead atoms. The van der Waals surface area contributed by atoms with Gasteiger partial charge in [0.05, 0.1) is 37.7 Å². The number of halogens is 2. The lowest BCUT2D eigenvalue weighted by atomic mass is 9.93. The highest BCUT2D eigenvalue weighted by atomic mass is 35.5. The van der Waals surface area contributed by atoms with Crippen LogP contribution in [0.3, 0.4) is 0 Å². The molecule has 2 atom stereocenters. The van der Waals surface area contributed by atoms with Gasteiger partial charge in [-0.3, -0.25) is 14.7 Å². The number of rotatable bonds is 7. The van der Waals surface area contributed by atoms with E-state index in [1.54, 1.807) is 25.6 Å². The summed E-state index contributed by atoms with van der Waals surface area (Å²) in [6.45, 7) is 7.50. The van der Waals surface area contributed by atoms with Crippen LogP contribution < -0.4 is 10.2 Å². The summed E-state index contributed by atoms with van der Waals surface area (Å²) >= 11 is 12.7. The topological polar surface area (TPSA) is 96.2 Å². The molecule has 2 saturated heterocycles. The SMILES string of the molecule is COC1CN(CCNc2nc3cncc(N4CCO[C@@H](C(=O)N5CCc6cc(Cl)cc(Cl)c6[C@@H]5C)C4)c3o2)C1. The van der Waals surface area contributed by atoms with Gasteiger partial charge in [0, 0.05) is 56.4 Å². The molecule has 5 heterocycles. The van der Waals surface area contributed by atoms with E-state index in [1.165, 1.54) is 0 Å². The van der Waals surface area contributed by atoms with Gasteiger partial charge in [0.2, 0.25) is 0 Å². The molecular weight excluding hydrogens is 543 g/mol. The van der Waals surface area contributed by atoms with Crippen LogP contribution >= 0.6 is 23.2 Å². The molecule has 39 heavy (non-hydrogen) atoms. The average Bonchev–Trinajstić information content (AvgIpc) is 3.32. The predicted molar refractivity (Wildman–Crippen MR) is 150 cm³/mol. The highest BCUT2D eigenvalue weighted by Gasteiger charge is 2.37. The second-order valence-corrected chi connectivity index (χ2v) is 11.1. The molecule has 2 aromatic heterocycles. The number of nitrogens with one attached hydrogen (secondary N) is 1. The quantitative estimate of drug-likeness (QED) is 0.453. The van der Waals surface area contributed by atoms with E-state index in [1.807, 2.05) is 17.9 Å². The van der Waals surface area contributed by atoms with Crippen LogP contribution in [-0.4, -0.2) is 97.4 Å². The van der Waals surface area contributed by atoms with Crippen LogP contribution in [-0.2, 0) is 20.7 Å². The van der Waals surface area contributed by atoms with Crippen LogP contribution in [0.1, 0.15) is 24.1 Å². The Bertz CT molecular complexity index is 1360. The Kier molecular flexibility index (Phi) is 7.56. The third kappa shape index (κ3) is 5.28. The molecular formula is C27H32Cl2N6O4. The van der Waals surface area contributed by atoms with E-state index in [4.69, 9.17) is 37.1 Å². The molecule has 0 unspecified atom stereocenters. The van der Waals surface area contributed by atoms with Crippen molar-refractivity contribution in [2.75, 3.05) is 69.7 Å². The Hall–Kier alpha value is -2.63. The van der Waals surface area contributed by atoms with E-state index >= 15 is 0 Å². The summed E-state index contributed by atoms with van der Waals surface area (Å²) in [4.78, 5) is 28.9. The minimum absolute atomic E-state index is 0.0503. The van der Waals surface area contributed by atoms with Gasteiger partial charge in [-0.25, -0.2) is 0 Å². The van der Waals surface area contributed by atoms with Crippen molar-refractivity contribution in [2.45, 2.75) is 31.6 Å². The molecule has 1 aromatic carbocycles. The molecule has 0 radical (unpaired) electrons. The summed E-state index contributed by atoms with van der Waals surface area (Å²) in [6.07, 6.45) is 3.87. The number of likely N-dealkylation sites (tertiary alicyclic amines) is 1. The van der Waals surface area contributed by atoms with Crippen molar-refractivity contribution in [1.82, 2.24) is 19.8 Å². The van der Waals surface area contributed by atoms with E-state index in [0.29, 0.717) is 72.5 Å². The molecule has 3 aliphatic rings. The van der Waals surface area contributed by atoms with Crippen molar-refractivity contribution in [3.63, 3.8) is 0 Å². The van der Waals surface area contributed by atoms with Crippen molar-refractivity contribution < 1.29 is 18.7 Å². The Balaban J connectivity index is 1.13. The van der Waals surface area contributed by atoms with Crippen molar-refractivity contribution in [3.8, 4) is 0 Å². The van der Waals surface area contributed by atoms with Crippen LogP contribution in [0.4, 0.5) is 11.7 Å². The number of oxazole rings is 1. The van der Waals surface area contributed by atoms with E-state index in [0.717, 1.165) is 36.4 Å². The maximum atomic E-state index is 13.7. The number of fused-ring (bicyclic) bond motifs is 2. The van der Waals surface area contributed by atoms with Gasteiger partial charge in [-0.05, 0) is 36.6 Å². The summed E-state index contributed by atoms with van der Waals surface area (Å²) in [5.41, 5.74) is 4.16. The molecule has 12 heteroatoms. The molecule has 2 fully saturated rings. The lowest BCUT2D eigenvalue weighted by Crippen LogP contribution is -2.53. The minimum Gasteiger partial charge on any atom is -0.421 e. The number of carbonyl (C=O) groups is 1. The molecule has 3 aliphatic heterocycles. The number of morpholine rings is 1. The van der Waals surface area contributed by atoms with Gasteiger partial charge in [0.1, 0.15) is 11.2 Å². The van der Waals surface area contributed by atoms with E-state index in [2.05, 4.69) is 25.1 Å². The summed E-state index contributed by atoms with van der Waals surface area (Å²) in [6, 6.07) is 3.97. The smallest absolute Gasteiger partial charge is 0.295 e. The molecule has 10 nitrogen and oxygen atoms in total. The predicted octanol–water partition coefficient (Wildman–Crippen LogP) is 3.62. The lowest BCUT2D eigenvalue weighted by Gasteiger charge is -2.40. The number of hydrogen-bond acceptors (Lipinski definition) is 9. The first-order valence-corrected chi connectivity index (χ1v) is 14.0. The number of methoxy groups -OCH3 is 1. The van der Waals surface area contributed by atoms with Gasteiger partial charge >= 0.3 is 0 Å². The largest absolute Gasteiger partial charge is 0.421 e. The van der Waals surface area contributed by atoms with Gasteiger partial charge in [-0.2, -0.15) is 4.98 Å². The number of amides is 1. The number of hydrogen-bond donors (Lipinski definition) is 1. The van der Waals surface area contributed by atoms with E-state index in [-0.39, 0.29) is 11.9 Å². The maximum Gasteiger partial charge on any atom is 0.295 e. The standard InChI is InChI=1S/C27H32Cl2N6O4/c1-16-24-17(9-18(28)10-20(24)29)3-5-35(16)26(36)23-15-34(7-8-38-23)22-12-30-11-21-25(22)39-27(32-21)31-4-6-33-13-19(14-33)37-2/h9-12,16,19,23H,3-8,13-15H2,1-2H3,(H,31,32)/t16-,23+/m0/s1. The second-order valence-electron chi connectivity index (χ2n) is 10.3. The molecule has 208 valence electrons. The first-order chi connectivity index (χ1) is 18.9. The Morgan fingerprint density at radius 2 is 2.05 bits per heavy atom. The first kappa shape index (κ1) is 26.6. The first-order valence-electron chi connectivity index (χ1n) is 13.3. The van der Waals surface area contributed by atoms with Crippen LogP contribution in [0, 0.1) is 0 Å². The Morgan fingerprint density at radius 1 is 1.21 bits per heavy atom. The van der Waals surface area contributed by atoms with Crippen LogP contribution in [0.5, 0.6) is 0 Å². The van der Waals surface area contributed by atoms with Crippen LogP contribution in [0.15, 0.2) is 28.9 Å². The zero-order valence-corrected chi connectivity index (χ0v) is 23.5. The highest BCUT2D eigenvalue weighted by Crippen LogP contribution is 2.38. The summed E-state index contributed by atoms with van der Waals surface area (Å²) in [5.74, 6) is -0.0503. The van der Waals surface area contributed by atoms with Crippen LogP contribution in [0.25, 0.3) is 11.1 Å². The molecule has 0 spiro atoms. The van der Waals surface area contributed by atoms with Gasteiger partial charge in [-0.1, -0.05) is 23.2 Å². The molecule has 0 saturated carbocycles. The number of pyridine rings is 1. The highest BCUT2D eigenvalue weighted by molar-refractivity contribution is 6.35. The fourth-order valence-corrected chi connectivity index (χ4v) is 6.42. The van der Waals surface area contributed by atoms with Crippen LogP contribution in [0.2, 0.25) is 10.0 Å². The van der Waals surface area contributed by atoms with Gasteiger partial charge in [0.25, 0.3) is 11.9 Å². The molecule has 0 aliphatic carbocycles. The number of aromatic nitrogens is 2. The summed E-state index contributed by atoms with van der Waals surface area (Å²) in [5, 5.41) is 4.48. The third-order valence-corrected chi connectivity index (χ3v) is 8.42. The number of benzene rings is 1. The summed E-state index contributed by atoms with van der Waals surface area (Å²) < 4.78 is 17.4. The van der Waals surface area contributed by atoms with Gasteiger partial charge in [-0.15, -0.1) is 0 Å². The van der Waals surface area contributed by atoms with Crippen molar-refractivity contribution >= 4 is 51.9 Å². The van der Waals surface area contributed by atoms with Crippen molar-refractivity contribution in [2.24, 2.45) is 0 Å². The zero-order valence-electron chi connectivity index (χ0n) is 22.0.